The molecule has 1 aromatic carbocycles. The van der Waals surface area contributed by atoms with Crippen LogP contribution in [0.5, 0.6) is 5.75 Å². The summed E-state index contributed by atoms with van der Waals surface area (Å²) in [4.78, 5) is 7.03. The number of fused-ring (bicyclic) bond motifs is 1. The zero-order chi connectivity index (χ0) is 17.1. The average molecular weight is 316 g/mol. The van der Waals surface area contributed by atoms with Gasteiger partial charge in [-0.2, -0.15) is 0 Å². The first-order valence-corrected chi connectivity index (χ1v) is 8.98. The Kier molecular flexibility index (Phi) is 9.11. The molecule has 128 valence electrons. The van der Waals surface area contributed by atoms with Gasteiger partial charge in [-0.15, -0.1) is 0 Å². The van der Waals surface area contributed by atoms with Gasteiger partial charge in [-0.05, 0) is 31.0 Å². The zero-order valence-corrected chi connectivity index (χ0v) is 15.4. The highest BCUT2D eigenvalue weighted by Crippen LogP contribution is 2.35. The fourth-order valence-electron chi connectivity index (χ4n) is 2.74. The number of hydrogen-bond donors (Lipinski definition) is 0. The maximum absolute atomic E-state index is 5.61. The Labute approximate surface area is 141 Å². The van der Waals surface area contributed by atoms with Gasteiger partial charge in [0.25, 0.3) is 0 Å². The van der Waals surface area contributed by atoms with E-state index in [4.69, 9.17) is 4.74 Å². The molecular weight excluding hydrogens is 284 g/mol. The molecule has 2 aromatic rings. The third-order valence-electron chi connectivity index (χ3n) is 3.77. The fraction of sp³-hybridized carbons (Fsp3) is 0.550. The first-order valence-electron chi connectivity index (χ1n) is 8.98. The van der Waals surface area contributed by atoms with Crippen molar-refractivity contribution >= 4 is 16.6 Å². The van der Waals surface area contributed by atoms with Crippen LogP contribution in [0.3, 0.4) is 0 Å². The van der Waals surface area contributed by atoms with E-state index in [2.05, 4.69) is 41.9 Å². The first kappa shape index (κ1) is 19.3. The van der Waals surface area contributed by atoms with Gasteiger partial charge in [-0.25, -0.2) is 0 Å². The quantitative estimate of drug-likeness (QED) is 0.586. The molecule has 0 saturated carbocycles. The monoisotopic (exact) mass is 316 g/mol. The molecule has 1 aromatic heterocycles. The van der Waals surface area contributed by atoms with Crippen molar-refractivity contribution in [2.24, 2.45) is 0 Å². The largest absolute Gasteiger partial charge is 0.494 e. The standard InChI is InChI=1S/C18H26N2O.C2H6/c1-4-6-7-14-20(13-5-2)18-16(21-3)11-10-15-9-8-12-19-17(15)18;1-2/h8-12H,4-7,13-14H2,1-3H3;1-2H3. The highest BCUT2D eigenvalue weighted by molar-refractivity contribution is 5.94. The van der Waals surface area contributed by atoms with E-state index in [1.165, 1.54) is 24.6 Å². The van der Waals surface area contributed by atoms with E-state index in [-0.39, 0.29) is 0 Å². The summed E-state index contributed by atoms with van der Waals surface area (Å²) in [5.41, 5.74) is 2.19. The molecule has 0 aliphatic heterocycles. The molecular formula is C20H32N2O. The maximum atomic E-state index is 5.61. The van der Waals surface area contributed by atoms with Crippen molar-refractivity contribution in [2.75, 3.05) is 25.1 Å². The Bertz CT molecular complexity index is 569. The molecule has 23 heavy (non-hydrogen) atoms. The zero-order valence-electron chi connectivity index (χ0n) is 15.4. The van der Waals surface area contributed by atoms with Crippen LogP contribution in [-0.2, 0) is 0 Å². The molecule has 0 fully saturated rings. The van der Waals surface area contributed by atoms with Crippen molar-refractivity contribution in [3.63, 3.8) is 0 Å². The lowest BCUT2D eigenvalue weighted by molar-refractivity contribution is 0.414. The van der Waals surface area contributed by atoms with E-state index in [0.717, 1.165) is 36.5 Å². The van der Waals surface area contributed by atoms with Gasteiger partial charge < -0.3 is 9.64 Å². The highest BCUT2D eigenvalue weighted by atomic mass is 16.5. The van der Waals surface area contributed by atoms with Crippen LogP contribution in [0, 0.1) is 0 Å². The number of ether oxygens (including phenoxy) is 1. The molecule has 0 radical (unpaired) electrons. The number of methoxy groups -OCH3 is 1. The summed E-state index contributed by atoms with van der Waals surface area (Å²) in [5, 5.41) is 1.17. The van der Waals surface area contributed by atoms with Crippen LogP contribution in [0.15, 0.2) is 30.5 Å². The van der Waals surface area contributed by atoms with Crippen molar-refractivity contribution in [3.8, 4) is 5.75 Å². The lowest BCUT2D eigenvalue weighted by Gasteiger charge is -2.27. The molecule has 2 rings (SSSR count). The molecule has 0 spiro atoms. The number of anilines is 1. The SMILES string of the molecule is CC.CCCCCN(CCC)c1c(OC)ccc2cccnc12. The summed E-state index contributed by atoms with van der Waals surface area (Å²) in [7, 11) is 1.74. The summed E-state index contributed by atoms with van der Waals surface area (Å²) in [6.07, 6.45) is 6.70. The Morgan fingerprint density at radius 3 is 2.43 bits per heavy atom. The first-order chi connectivity index (χ1) is 11.3. The van der Waals surface area contributed by atoms with Crippen LogP contribution in [0.4, 0.5) is 5.69 Å². The minimum atomic E-state index is 0.922. The minimum Gasteiger partial charge on any atom is -0.494 e. The van der Waals surface area contributed by atoms with Crippen LogP contribution < -0.4 is 9.64 Å². The number of pyridine rings is 1. The summed E-state index contributed by atoms with van der Waals surface area (Å²) >= 11 is 0. The number of nitrogens with zero attached hydrogens (tertiary/aromatic N) is 2. The van der Waals surface area contributed by atoms with Crippen LogP contribution in [0.1, 0.15) is 53.4 Å². The number of hydrogen-bond acceptors (Lipinski definition) is 3. The summed E-state index contributed by atoms with van der Waals surface area (Å²) in [6.45, 7) is 10.6. The van der Waals surface area contributed by atoms with Crippen LogP contribution in [-0.4, -0.2) is 25.2 Å². The number of unbranched alkanes of at least 4 members (excludes halogenated alkanes) is 2. The van der Waals surface area contributed by atoms with Gasteiger partial charge in [0.1, 0.15) is 11.4 Å². The van der Waals surface area contributed by atoms with E-state index in [0.29, 0.717) is 0 Å². The Morgan fingerprint density at radius 2 is 1.78 bits per heavy atom. The number of benzene rings is 1. The van der Waals surface area contributed by atoms with E-state index >= 15 is 0 Å². The fourth-order valence-corrected chi connectivity index (χ4v) is 2.74. The van der Waals surface area contributed by atoms with Crippen molar-refractivity contribution in [1.29, 1.82) is 0 Å². The van der Waals surface area contributed by atoms with Crippen molar-refractivity contribution in [2.45, 2.75) is 53.4 Å². The lowest BCUT2D eigenvalue weighted by atomic mass is 10.1. The third kappa shape index (κ3) is 5.12. The average Bonchev–Trinajstić information content (AvgIpc) is 2.62. The van der Waals surface area contributed by atoms with Gasteiger partial charge in [0.15, 0.2) is 0 Å². The van der Waals surface area contributed by atoms with Gasteiger partial charge in [0.05, 0.1) is 12.6 Å². The molecule has 3 nitrogen and oxygen atoms in total. The van der Waals surface area contributed by atoms with Crippen LogP contribution in [0.25, 0.3) is 10.9 Å². The second kappa shape index (κ2) is 10.9. The van der Waals surface area contributed by atoms with Crippen molar-refractivity contribution < 1.29 is 4.74 Å². The van der Waals surface area contributed by atoms with Gasteiger partial charge in [0.2, 0.25) is 0 Å². The number of aromatic nitrogens is 1. The maximum Gasteiger partial charge on any atom is 0.144 e. The second-order valence-electron chi connectivity index (χ2n) is 5.39. The van der Waals surface area contributed by atoms with Crippen molar-refractivity contribution in [1.82, 2.24) is 4.98 Å². The van der Waals surface area contributed by atoms with Crippen LogP contribution >= 0.6 is 0 Å². The normalized spacial score (nSPS) is 10.1. The Balaban J connectivity index is 0.00000127. The third-order valence-corrected chi connectivity index (χ3v) is 3.77. The summed E-state index contributed by atoms with van der Waals surface area (Å²) in [6, 6.07) is 8.24. The second-order valence-corrected chi connectivity index (χ2v) is 5.39. The van der Waals surface area contributed by atoms with Gasteiger partial charge in [-0.1, -0.05) is 46.6 Å². The predicted molar refractivity (Wildman–Crippen MR) is 102 cm³/mol. The Morgan fingerprint density at radius 1 is 1.00 bits per heavy atom. The number of rotatable bonds is 8. The molecule has 1 heterocycles. The molecule has 0 N–H and O–H groups in total. The minimum absolute atomic E-state index is 0.922. The Hall–Kier alpha value is -1.77. The van der Waals surface area contributed by atoms with Gasteiger partial charge in [-0.3, -0.25) is 4.98 Å². The smallest absolute Gasteiger partial charge is 0.144 e. The van der Waals surface area contributed by atoms with Crippen LogP contribution in [0.2, 0.25) is 0 Å². The summed E-state index contributed by atoms with van der Waals surface area (Å²) in [5.74, 6) is 0.922. The van der Waals surface area contributed by atoms with E-state index in [9.17, 15) is 0 Å². The molecule has 0 aliphatic carbocycles. The van der Waals surface area contributed by atoms with E-state index in [1.807, 2.05) is 26.1 Å². The molecule has 0 aliphatic rings. The lowest BCUT2D eigenvalue weighted by Crippen LogP contribution is -2.26. The molecule has 0 saturated heterocycles. The van der Waals surface area contributed by atoms with Crippen molar-refractivity contribution in [3.05, 3.63) is 30.5 Å². The van der Waals surface area contributed by atoms with E-state index in [1.54, 1.807) is 7.11 Å². The summed E-state index contributed by atoms with van der Waals surface area (Å²) < 4.78 is 5.61. The molecule has 0 atom stereocenters. The molecule has 0 unspecified atom stereocenters. The molecule has 0 amide bonds. The van der Waals surface area contributed by atoms with Gasteiger partial charge >= 0.3 is 0 Å². The molecule has 3 heteroatoms. The molecule has 0 bridgehead atoms. The van der Waals surface area contributed by atoms with E-state index < -0.39 is 0 Å². The predicted octanol–water partition coefficient (Wildman–Crippen LogP) is 5.68. The highest BCUT2D eigenvalue weighted by Gasteiger charge is 2.16. The van der Waals surface area contributed by atoms with Gasteiger partial charge in [0, 0.05) is 24.7 Å². The topological polar surface area (TPSA) is 25.4 Å².